The molecule has 0 amide bonds. The van der Waals surface area contributed by atoms with Crippen LogP contribution in [-0.4, -0.2) is 16.9 Å². The van der Waals surface area contributed by atoms with E-state index in [1.54, 1.807) is 0 Å². The predicted octanol–water partition coefficient (Wildman–Crippen LogP) is -5.81. The number of nitrogens with zero attached hydrogens (tertiary/aromatic N) is 1. The maximum atomic E-state index is 10.6. The largest absolute Gasteiger partial charge is 1.00 e. The molecule has 1 aromatic carbocycles. The van der Waals surface area contributed by atoms with Crippen LogP contribution < -0.4 is 113 Å². The zero-order chi connectivity index (χ0) is 14.5. The zero-order valence-electron chi connectivity index (χ0n) is 11.9. The van der Waals surface area contributed by atoms with Crippen LogP contribution in [-0.2, 0) is 9.59 Å². The second kappa shape index (κ2) is 11.7. The fraction of sp³-hybridized carbons (Fsp3) is 0. The summed E-state index contributed by atoms with van der Waals surface area (Å²) in [5, 5.41) is 21.2. The molecule has 102 valence electrons. The number of hydrogen-bond acceptors (Lipinski definition) is 7. The Morgan fingerprint density at radius 2 is 1.68 bits per heavy atom. The van der Waals surface area contributed by atoms with Gasteiger partial charge in [-0.3, -0.25) is 0 Å². The molecule has 0 saturated carbocycles. The molecule has 0 bridgehead atoms. The van der Waals surface area contributed by atoms with Crippen molar-refractivity contribution >= 4 is 41.1 Å². The number of rotatable bonds is 5. The molecule has 22 heavy (non-hydrogen) atoms. The number of hydrogen-bond donors (Lipinski definition) is 0. The summed E-state index contributed by atoms with van der Waals surface area (Å²) in [7, 11) is 0. The first kappa shape index (κ1) is 23.2. The third-order valence-electron chi connectivity index (χ3n) is 2.18. The molecule has 0 aliphatic carbocycles. The maximum Gasteiger partial charge on any atom is 1.00 e. The first-order valence-electron chi connectivity index (χ1n) is 5.39. The zero-order valence-corrected chi connectivity index (χ0v) is 19.8. The molecule has 0 fully saturated rings. The van der Waals surface area contributed by atoms with Crippen molar-refractivity contribution in [2.45, 2.75) is 9.24 Å². The molecule has 0 aliphatic rings. The molecule has 0 saturated heterocycles. The summed E-state index contributed by atoms with van der Waals surface area (Å²) in [4.78, 5) is 26.7. The summed E-state index contributed by atoms with van der Waals surface area (Å²) in [5.41, 5.74) is -0.898. The molecule has 0 radical (unpaired) electrons. The van der Waals surface area contributed by atoms with Crippen LogP contribution >= 0.6 is 23.1 Å². The van der Waals surface area contributed by atoms with Crippen LogP contribution in [0.2, 0.25) is 0 Å². The van der Waals surface area contributed by atoms with Gasteiger partial charge in [-0.05, 0) is 18.2 Å². The molecule has 9 heteroatoms. The number of benzene rings is 1. The number of thiazole rings is 1. The van der Waals surface area contributed by atoms with Gasteiger partial charge in [0.25, 0.3) is 0 Å². The standard InChI is InChI=1S/C13H9NO4S2.2K/c15-11(16)10(12(17)18)6-9-7-14-13(20-9)19-8-4-2-1-3-5-8;;/h1-7H,(H,15,16)(H,17,18);;/q;2*+1/p-2. The van der Waals surface area contributed by atoms with Crippen LogP contribution in [0.5, 0.6) is 0 Å². The molecule has 1 aromatic heterocycles. The van der Waals surface area contributed by atoms with Crippen molar-refractivity contribution in [1.82, 2.24) is 4.98 Å². The Balaban J connectivity index is 0.00000220. The van der Waals surface area contributed by atoms with Crippen LogP contribution in [0.4, 0.5) is 0 Å². The molecule has 5 nitrogen and oxygen atoms in total. The number of aliphatic carboxylic acids is 2. The summed E-state index contributed by atoms with van der Waals surface area (Å²) in [6.45, 7) is 0. The third-order valence-corrected chi connectivity index (χ3v) is 4.20. The van der Waals surface area contributed by atoms with Crippen LogP contribution in [0, 0.1) is 0 Å². The molecular weight excluding hydrogens is 376 g/mol. The normalized spacial score (nSPS) is 9.09. The van der Waals surface area contributed by atoms with Gasteiger partial charge >= 0.3 is 103 Å². The Kier molecular flexibility index (Phi) is 12.3. The second-order valence-electron chi connectivity index (χ2n) is 3.58. The SMILES string of the molecule is O=C([O-])C(=Cc1cnc(Sc2ccccc2)s1)C(=O)[O-].[K+].[K+]. The summed E-state index contributed by atoms with van der Waals surface area (Å²) in [6, 6.07) is 9.50. The Labute approximate surface area is 220 Å². The van der Waals surface area contributed by atoms with Gasteiger partial charge in [0.2, 0.25) is 0 Å². The molecule has 1 heterocycles. The molecule has 0 atom stereocenters. The molecule has 2 aromatic rings. The summed E-state index contributed by atoms with van der Waals surface area (Å²) in [5.74, 6) is -3.56. The van der Waals surface area contributed by atoms with Gasteiger partial charge in [-0.1, -0.05) is 30.0 Å². The van der Waals surface area contributed by atoms with Crippen LogP contribution in [0.1, 0.15) is 4.88 Å². The van der Waals surface area contributed by atoms with E-state index >= 15 is 0 Å². The van der Waals surface area contributed by atoms with Gasteiger partial charge in [-0.15, -0.1) is 11.3 Å². The minimum atomic E-state index is -1.78. The van der Waals surface area contributed by atoms with Gasteiger partial charge in [0, 0.05) is 21.5 Å². The van der Waals surface area contributed by atoms with Gasteiger partial charge in [-0.2, -0.15) is 0 Å². The summed E-state index contributed by atoms with van der Waals surface area (Å²) >= 11 is 2.59. The molecule has 2 rings (SSSR count). The van der Waals surface area contributed by atoms with E-state index in [1.165, 1.54) is 29.3 Å². The number of carboxylic acids is 2. The predicted molar refractivity (Wildman–Crippen MR) is 70.7 cm³/mol. The van der Waals surface area contributed by atoms with Gasteiger partial charge in [-0.25, -0.2) is 4.98 Å². The van der Waals surface area contributed by atoms with E-state index in [-0.39, 0.29) is 103 Å². The van der Waals surface area contributed by atoms with Crippen molar-refractivity contribution in [1.29, 1.82) is 0 Å². The van der Waals surface area contributed by atoms with Crippen molar-refractivity contribution in [2.24, 2.45) is 0 Å². The number of aromatic nitrogens is 1. The van der Waals surface area contributed by atoms with Gasteiger partial charge in [0.15, 0.2) is 4.34 Å². The summed E-state index contributed by atoms with van der Waals surface area (Å²) < 4.78 is 0.679. The monoisotopic (exact) mass is 383 g/mol. The van der Waals surface area contributed by atoms with Gasteiger partial charge in [0.1, 0.15) is 0 Å². The van der Waals surface area contributed by atoms with E-state index in [2.05, 4.69) is 4.98 Å². The van der Waals surface area contributed by atoms with Crippen molar-refractivity contribution < 1.29 is 123 Å². The number of carbonyl (C=O) groups excluding carboxylic acids is 2. The third kappa shape index (κ3) is 7.37. The minimum Gasteiger partial charge on any atom is -0.545 e. The van der Waals surface area contributed by atoms with Crippen LogP contribution in [0.15, 0.2) is 51.3 Å². The van der Waals surface area contributed by atoms with Crippen molar-refractivity contribution in [3.05, 3.63) is 47.0 Å². The first-order chi connectivity index (χ1) is 9.56. The Hall–Kier alpha value is 1.15. The summed E-state index contributed by atoms with van der Waals surface area (Å²) in [6.07, 6.45) is 2.39. The van der Waals surface area contributed by atoms with Gasteiger partial charge < -0.3 is 19.8 Å². The van der Waals surface area contributed by atoms with E-state index in [1.807, 2.05) is 30.3 Å². The fourth-order valence-corrected chi connectivity index (χ4v) is 3.25. The van der Waals surface area contributed by atoms with E-state index in [0.29, 0.717) is 9.22 Å². The number of carbonyl (C=O) groups is 2. The van der Waals surface area contributed by atoms with E-state index in [9.17, 15) is 19.8 Å². The van der Waals surface area contributed by atoms with Crippen LogP contribution in [0.25, 0.3) is 6.08 Å². The second-order valence-corrected chi connectivity index (χ2v) is 5.96. The van der Waals surface area contributed by atoms with Crippen molar-refractivity contribution in [2.75, 3.05) is 0 Å². The van der Waals surface area contributed by atoms with Crippen molar-refractivity contribution in [3.8, 4) is 0 Å². The minimum absolute atomic E-state index is 0. The molecule has 0 unspecified atom stereocenters. The maximum absolute atomic E-state index is 10.6. The van der Waals surface area contributed by atoms with Gasteiger partial charge in [0.05, 0.1) is 11.9 Å². The Morgan fingerprint density at radius 1 is 1.09 bits per heavy atom. The molecule has 0 spiro atoms. The Morgan fingerprint density at radius 3 is 2.23 bits per heavy atom. The molecule has 0 aliphatic heterocycles. The van der Waals surface area contributed by atoms with Crippen molar-refractivity contribution in [3.63, 3.8) is 0 Å². The fourth-order valence-electron chi connectivity index (χ4n) is 1.32. The average Bonchev–Trinajstić information content (AvgIpc) is 2.84. The average molecular weight is 384 g/mol. The Bertz CT molecular complexity index is 658. The quantitative estimate of drug-likeness (QED) is 0.221. The topological polar surface area (TPSA) is 93.2 Å². The molecule has 0 N–H and O–H groups in total. The van der Waals surface area contributed by atoms with E-state index < -0.39 is 17.5 Å². The van der Waals surface area contributed by atoms with E-state index in [4.69, 9.17) is 0 Å². The van der Waals surface area contributed by atoms with E-state index in [0.717, 1.165) is 11.0 Å². The molecular formula is C13H7K2NO4S2. The van der Waals surface area contributed by atoms with Crippen LogP contribution in [0.3, 0.4) is 0 Å². The number of carboxylic acid groups (broad SMARTS) is 2. The smallest absolute Gasteiger partial charge is 0.545 e. The first-order valence-corrected chi connectivity index (χ1v) is 7.02.